The summed E-state index contributed by atoms with van der Waals surface area (Å²) in [5.41, 5.74) is 5.28. The quantitative estimate of drug-likeness (QED) is 0.302. The topological polar surface area (TPSA) is 95.9 Å². The van der Waals surface area contributed by atoms with Crippen LogP contribution in [0.15, 0.2) is 0 Å². The van der Waals surface area contributed by atoms with Crippen LogP contribution in [0.5, 0.6) is 0 Å². The van der Waals surface area contributed by atoms with Crippen LogP contribution in [0.25, 0.3) is 0 Å². The SMILES string of the molecule is N[C@H]1CO[C@@H](O)[C@H](O)[C@H]1O. The van der Waals surface area contributed by atoms with E-state index in [2.05, 4.69) is 4.74 Å². The molecule has 0 aliphatic carbocycles. The summed E-state index contributed by atoms with van der Waals surface area (Å²) in [6.07, 6.45) is -3.69. The fourth-order valence-electron chi connectivity index (χ4n) is 0.829. The molecule has 5 nitrogen and oxygen atoms in total. The highest BCUT2D eigenvalue weighted by Crippen LogP contribution is 2.11. The Kier molecular flexibility index (Phi) is 2.22. The molecular weight excluding hydrogens is 138 g/mol. The van der Waals surface area contributed by atoms with E-state index in [0.29, 0.717) is 0 Å². The standard InChI is InChI=1S/C5H11NO4/c6-2-1-10-5(9)4(8)3(2)7/h2-5,7-9H,1,6H2/t2-,3-,4+,5+/m0/s1. The van der Waals surface area contributed by atoms with Gasteiger partial charge in [0.05, 0.1) is 12.6 Å². The number of ether oxygens (including phenoxy) is 1. The van der Waals surface area contributed by atoms with Crippen molar-refractivity contribution >= 4 is 0 Å². The second-order valence-electron chi connectivity index (χ2n) is 2.37. The summed E-state index contributed by atoms with van der Waals surface area (Å²) in [7, 11) is 0. The maximum atomic E-state index is 9.00. The predicted octanol–water partition coefficient (Wildman–Crippen LogP) is -2.62. The summed E-state index contributed by atoms with van der Waals surface area (Å²) in [4.78, 5) is 0. The smallest absolute Gasteiger partial charge is 0.183 e. The van der Waals surface area contributed by atoms with Crippen LogP contribution >= 0.6 is 0 Å². The average molecular weight is 149 g/mol. The summed E-state index contributed by atoms with van der Waals surface area (Å²) in [5.74, 6) is 0. The Morgan fingerprint density at radius 3 is 2.30 bits per heavy atom. The van der Waals surface area contributed by atoms with E-state index in [9.17, 15) is 0 Å². The molecule has 0 radical (unpaired) electrons. The Morgan fingerprint density at radius 1 is 1.20 bits per heavy atom. The molecule has 0 bridgehead atoms. The minimum absolute atomic E-state index is 0.0688. The van der Waals surface area contributed by atoms with E-state index in [1.807, 2.05) is 0 Å². The maximum Gasteiger partial charge on any atom is 0.183 e. The van der Waals surface area contributed by atoms with Crippen molar-refractivity contribution in [3.05, 3.63) is 0 Å². The summed E-state index contributed by atoms with van der Waals surface area (Å²) >= 11 is 0. The van der Waals surface area contributed by atoms with Gasteiger partial charge < -0.3 is 25.8 Å². The van der Waals surface area contributed by atoms with Gasteiger partial charge in [0.25, 0.3) is 0 Å². The molecule has 0 aromatic rings. The molecule has 0 spiro atoms. The lowest BCUT2D eigenvalue weighted by Gasteiger charge is -2.32. The lowest BCUT2D eigenvalue weighted by Crippen LogP contribution is -2.56. The van der Waals surface area contributed by atoms with E-state index in [-0.39, 0.29) is 6.61 Å². The molecule has 60 valence electrons. The van der Waals surface area contributed by atoms with Crippen molar-refractivity contribution in [3.63, 3.8) is 0 Å². The van der Waals surface area contributed by atoms with Crippen LogP contribution in [0.1, 0.15) is 0 Å². The third-order valence-electron chi connectivity index (χ3n) is 1.54. The molecule has 5 heteroatoms. The normalized spacial score (nSPS) is 49.2. The van der Waals surface area contributed by atoms with E-state index >= 15 is 0 Å². The fourth-order valence-corrected chi connectivity index (χ4v) is 0.829. The van der Waals surface area contributed by atoms with Gasteiger partial charge in [-0.25, -0.2) is 0 Å². The number of aliphatic hydroxyl groups excluding tert-OH is 3. The summed E-state index contributed by atoms with van der Waals surface area (Å²) < 4.78 is 4.59. The van der Waals surface area contributed by atoms with Gasteiger partial charge in [-0.2, -0.15) is 0 Å². The number of hydrogen-bond acceptors (Lipinski definition) is 5. The van der Waals surface area contributed by atoms with Crippen molar-refractivity contribution in [1.29, 1.82) is 0 Å². The first kappa shape index (κ1) is 7.90. The monoisotopic (exact) mass is 149 g/mol. The third-order valence-corrected chi connectivity index (χ3v) is 1.54. The molecule has 1 saturated heterocycles. The number of nitrogens with two attached hydrogens (primary N) is 1. The van der Waals surface area contributed by atoms with Gasteiger partial charge in [-0.1, -0.05) is 0 Å². The van der Waals surface area contributed by atoms with Gasteiger partial charge in [0, 0.05) is 0 Å². The molecule has 0 aromatic carbocycles. The van der Waals surface area contributed by atoms with Crippen molar-refractivity contribution < 1.29 is 20.1 Å². The molecule has 0 amide bonds. The van der Waals surface area contributed by atoms with Gasteiger partial charge in [0.1, 0.15) is 12.2 Å². The van der Waals surface area contributed by atoms with E-state index < -0.39 is 24.5 Å². The third kappa shape index (κ3) is 1.28. The van der Waals surface area contributed by atoms with Gasteiger partial charge in [-0.3, -0.25) is 0 Å². The number of rotatable bonds is 0. The van der Waals surface area contributed by atoms with E-state index in [4.69, 9.17) is 21.1 Å². The summed E-state index contributed by atoms with van der Waals surface area (Å²) in [6, 6.07) is -0.613. The summed E-state index contributed by atoms with van der Waals surface area (Å²) in [6.45, 7) is 0.0688. The first-order chi connectivity index (χ1) is 4.63. The fraction of sp³-hybridized carbons (Fsp3) is 1.00. The second-order valence-corrected chi connectivity index (χ2v) is 2.37. The zero-order valence-electron chi connectivity index (χ0n) is 5.34. The highest BCUT2D eigenvalue weighted by atomic mass is 16.6. The number of aliphatic hydroxyl groups is 3. The largest absolute Gasteiger partial charge is 0.388 e. The Bertz CT molecular complexity index is 106. The van der Waals surface area contributed by atoms with Crippen LogP contribution in [0.4, 0.5) is 0 Å². The van der Waals surface area contributed by atoms with Gasteiger partial charge in [0.15, 0.2) is 6.29 Å². The van der Waals surface area contributed by atoms with Crippen LogP contribution in [0.3, 0.4) is 0 Å². The Balaban J connectivity index is 2.52. The Morgan fingerprint density at radius 2 is 1.80 bits per heavy atom. The van der Waals surface area contributed by atoms with Crippen molar-refractivity contribution in [2.45, 2.75) is 24.5 Å². The van der Waals surface area contributed by atoms with E-state index in [1.54, 1.807) is 0 Å². The van der Waals surface area contributed by atoms with Crippen molar-refractivity contribution in [3.8, 4) is 0 Å². The zero-order chi connectivity index (χ0) is 7.72. The van der Waals surface area contributed by atoms with Crippen LogP contribution in [0.2, 0.25) is 0 Å². The lowest BCUT2D eigenvalue weighted by atomic mass is 10.0. The number of hydrogen-bond donors (Lipinski definition) is 4. The van der Waals surface area contributed by atoms with Gasteiger partial charge in [-0.15, -0.1) is 0 Å². The molecule has 1 aliphatic rings. The molecule has 0 unspecified atom stereocenters. The molecule has 1 fully saturated rings. The highest BCUT2D eigenvalue weighted by Gasteiger charge is 2.35. The average Bonchev–Trinajstić information content (AvgIpc) is 1.93. The maximum absolute atomic E-state index is 9.00. The van der Waals surface area contributed by atoms with Gasteiger partial charge in [-0.05, 0) is 0 Å². The van der Waals surface area contributed by atoms with Gasteiger partial charge in [0.2, 0.25) is 0 Å². The Labute approximate surface area is 58.0 Å². The Hall–Kier alpha value is -0.200. The van der Waals surface area contributed by atoms with E-state index in [0.717, 1.165) is 0 Å². The molecule has 1 rings (SSSR count). The van der Waals surface area contributed by atoms with Crippen molar-refractivity contribution in [2.24, 2.45) is 5.73 Å². The first-order valence-corrected chi connectivity index (χ1v) is 3.04. The minimum atomic E-state index is -1.31. The predicted molar refractivity (Wildman–Crippen MR) is 31.9 cm³/mol. The van der Waals surface area contributed by atoms with Crippen LogP contribution in [-0.4, -0.2) is 46.5 Å². The van der Waals surface area contributed by atoms with Gasteiger partial charge >= 0.3 is 0 Å². The minimum Gasteiger partial charge on any atom is -0.388 e. The van der Waals surface area contributed by atoms with E-state index in [1.165, 1.54) is 0 Å². The molecule has 5 N–H and O–H groups in total. The zero-order valence-corrected chi connectivity index (χ0v) is 5.34. The van der Waals surface area contributed by atoms with Crippen molar-refractivity contribution in [2.75, 3.05) is 6.61 Å². The molecule has 10 heavy (non-hydrogen) atoms. The lowest BCUT2D eigenvalue weighted by molar-refractivity contribution is -0.225. The molecule has 1 aliphatic heterocycles. The van der Waals surface area contributed by atoms with Crippen LogP contribution < -0.4 is 5.73 Å². The first-order valence-electron chi connectivity index (χ1n) is 3.04. The van der Waals surface area contributed by atoms with Crippen molar-refractivity contribution in [1.82, 2.24) is 0 Å². The van der Waals surface area contributed by atoms with Crippen LogP contribution in [0, 0.1) is 0 Å². The molecular formula is C5H11NO4. The molecule has 4 atom stereocenters. The summed E-state index contributed by atoms with van der Waals surface area (Å²) in [5, 5.41) is 26.7. The molecule has 1 heterocycles. The molecule has 0 saturated carbocycles. The molecule has 0 aromatic heterocycles. The highest BCUT2D eigenvalue weighted by molar-refractivity contribution is 4.84. The second kappa shape index (κ2) is 2.81. The van der Waals surface area contributed by atoms with Crippen LogP contribution in [-0.2, 0) is 4.74 Å².